The van der Waals surface area contributed by atoms with Crippen LogP contribution in [-0.4, -0.2) is 33.1 Å². The quantitative estimate of drug-likeness (QED) is 0.596. The first-order chi connectivity index (χ1) is 12.5. The van der Waals surface area contributed by atoms with E-state index >= 15 is 0 Å². The molecule has 0 spiro atoms. The summed E-state index contributed by atoms with van der Waals surface area (Å²) < 4.78 is 26.5. The maximum Gasteiger partial charge on any atom is 0.290 e. The zero-order valence-electron chi connectivity index (χ0n) is 13.5. The Hall–Kier alpha value is -1.93. The van der Waals surface area contributed by atoms with Crippen LogP contribution in [0.2, 0.25) is 0 Å². The van der Waals surface area contributed by atoms with Crippen molar-refractivity contribution in [2.24, 2.45) is 0 Å². The van der Waals surface area contributed by atoms with Gasteiger partial charge < -0.3 is 9.88 Å². The predicted octanol–water partition coefficient (Wildman–Crippen LogP) is 4.84. The number of carbonyl (C=O) groups is 1. The summed E-state index contributed by atoms with van der Waals surface area (Å²) in [5, 5.41) is 1.14. The zero-order chi connectivity index (χ0) is 18.3. The van der Waals surface area contributed by atoms with Crippen molar-refractivity contribution in [1.82, 2.24) is 14.9 Å². The third-order valence-corrected chi connectivity index (χ3v) is 5.84. The lowest BCUT2D eigenvalue weighted by Crippen LogP contribution is -2.36. The van der Waals surface area contributed by atoms with Gasteiger partial charge in [0, 0.05) is 46.8 Å². The van der Waals surface area contributed by atoms with Crippen molar-refractivity contribution in [2.75, 3.05) is 6.54 Å². The Labute approximate surface area is 161 Å². The Bertz CT molecular complexity index is 992. The normalized spacial score (nSPS) is 14.1. The molecule has 3 heterocycles. The summed E-state index contributed by atoms with van der Waals surface area (Å²) in [4.78, 5) is 22.0. The number of fused-ring (bicyclic) bond motifs is 3. The summed E-state index contributed by atoms with van der Waals surface area (Å²) in [7, 11) is 0. The van der Waals surface area contributed by atoms with E-state index in [0.29, 0.717) is 31.3 Å². The number of aromatic nitrogens is 2. The summed E-state index contributed by atoms with van der Waals surface area (Å²) in [6, 6.07) is 9.10. The first-order valence-corrected chi connectivity index (χ1v) is 9.69. The van der Waals surface area contributed by atoms with Crippen LogP contribution < -0.4 is 0 Å². The Morgan fingerprint density at radius 1 is 1.31 bits per heavy atom. The van der Waals surface area contributed by atoms with E-state index in [2.05, 4.69) is 25.9 Å². The van der Waals surface area contributed by atoms with Crippen LogP contribution in [0.4, 0.5) is 8.78 Å². The SMILES string of the molecule is O=C(c1cccnc1SC(F)F)N1CCc2[nH]c3c(Br)cccc3c2C1. The molecule has 0 saturated carbocycles. The van der Waals surface area contributed by atoms with Crippen LogP contribution >= 0.6 is 27.7 Å². The molecule has 1 N–H and O–H groups in total. The van der Waals surface area contributed by atoms with Crippen LogP contribution in [0.3, 0.4) is 0 Å². The van der Waals surface area contributed by atoms with Crippen molar-refractivity contribution in [3.05, 3.63) is 57.8 Å². The molecule has 0 saturated heterocycles. The van der Waals surface area contributed by atoms with Crippen molar-refractivity contribution in [3.63, 3.8) is 0 Å². The third-order valence-electron chi connectivity index (χ3n) is 4.45. The van der Waals surface area contributed by atoms with Crippen LogP contribution in [0.25, 0.3) is 10.9 Å². The second-order valence-corrected chi connectivity index (χ2v) is 7.79. The van der Waals surface area contributed by atoms with Gasteiger partial charge in [-0.3, -0.25) is 4.79 Å². The van der Waals surface area contributed by atoms with Crippen molar-refractivity contribution >= 4 is 44.5 Å². The molecule has 0 fully saturated rings. The second kappa shape index (κ2) is 7.00. The smallest absolute Gasteiger partial charge is 0.290 e. The summed E-state index contributed by atoms with van der Waals surface area (Å²) in [6.07, 6.45) is 2.12. The molecule has 8 heteroatoms. The van der Waals surface area contributed by atoms with Gasteiger partial charge in [0.05, 0.1) is 11.1 Å². The van der Waals surface area contributed by atoms with Gasteiger partial charge in [0.15, 0.2) is 0 Å². The van der Waals surface area contributed by atoms with Gasteiger partial charge >= 0.3 is 0 Å². The monoisotopic (exact) mass is 437 g/mol. The number of halogens is 3. The number of hydrogen-bond acceptors (Lipinski definition) is 3. The number of nitrogens with zero attached hydrogens (tertiary/aromatic N) is 2. The number of carbonyl (C=O) groups excluding carboxylic acids is 1. The number of para-hydroxylation sites is 1. The lowest BCUT2D eigenvalue weighted by atomic mass is 10.0. The van der Waals surface area contributed by atoms with Gasteiger partial charge in [-0.2, -0.15) is 8.78 Å². The topological polar surface area (TPSA) is 49.0 Å². The van der Waals surface area contributed by atoms with Crippen LogP contribution in [0, 0.1) is 0 Å². The van der Waals surface area contributed by atoms with Gasteiger partial charge in [-0.05, 0) is 45.9 Å². The maximum absolute atomic E-state index is 12.9. The fourth-order valence-electron chi connectivity index (χ4n) is 3.28. The minimum Gasteiger partial charge on any atom is -0.357 e. The molecule has 4 rings (SSSR count). The summed E-state index contributed by atoms with van der Waals surface area (Å²) >= 11 is 3.85. The summed E-state index contributed by atoms with van der Waals surface area (Å²) in [5.41, 5.74) is 3.43. The zero-order valence-corrected chi connectivity index (χ0v) is 15.9. The first kappa shape index (κ1) is 17.5. The molecule has 0 atom stereocenters. The molecular formula is C18H14BrF2N3OS. The standard InChI is InChI=1S/C18H14BrF2N3OS/c19-13-5-1-3-10-12-9-24(8-6-14(12)23-15(10)13)17(25)11-4-2-7-22-16(11)26-18(20)21/h1-5,7,18,23H,6,8-9H2. The van der Waals surface area contributed by atoms with Gasteiger partial charge in [0.1, 0.15) is 5.03 Å². The van der Waals surface area contributed by atoms with Crippen molar-refractivity contribution in [1.29, 1.82) is 0 Å². The summed E-state index contributed by atoms with van der Waals surface area (Å²) in [5.74, 6) is -2.88. The van der Waals surface area contributed by atoms with Gasteiger partial charge in [-0.1, -0.05) is 12.1 Å². The predicted molar refractivity (Wildman–Crippen MR) is 101 cm³/mol. The second-order valence-electron chi connectivity index (χ2n) is 5.96. The van der Waals surface area contributed by atoms with Crippen LogP contribution in [-0.2, 0) is 13.0 Å². The Kier molecular flexibility index (Phi) is 4.71. The van der Waals surface area contributed by atoms with Crippen LogP contribution in [0.15, 0.2) is 46.0 Å². The molecule has 26 heavy (non-hydrogen) atoms. The molecule has 1 aromatic carbocycles. The van der Waals surface area contributed by atoms with Crippen LogP contribution in [0.1, 0.15) is 21.6 Å². The Morgan fingerprint density at radius 2 is 2.15 bits per heavy atom. The highest BCUT2D eigenvalue weighted by Crippen LogP contribution is 2.33. The molecule has 134 valence electrons. The number of nitrogens with one attached hydrogen (secondary N) is 1. The van der Waals surface area contributed by atoms with Crippen molar-refractivity contribution in [3.8, 4) is 0 Å². The first-order valence-electron chi connectivity index (χ1n) is 8.01. The number of aromatic amines is 1. The highest BCUT2D eigenvalue weighted by molar-refractivity contribution is 9.10. The van der Waals surface area contributed by atoms with Crippen LogP contribution in [0.5, 0.6) is 0 Å². The number of H-pyrrole nitrogens is 1. The fourth-order valence-corrected chi connectivity index (χ4v) is 4.32. The number of pyridine rings is 1. The number of rotatable bonds is 3. The maximum atomic E-state index is 12.9. The van der Waals surface area contributed by atoms with E-state index in [4.69, 9.17) is 0 Å². The van der Waals surface area contributed by atoms with Gasteiger partial charge in [-0.25, -0.2) is 4.98 Å². The largest absolute Gasteiger partial charge is 0.357 e. The fraction of sp³-hybridized carbons (Fsp3) is 0.222. The number of thioether (sulfide) groups is 1. The van der Waals surface area contributed by atoms with Gasteiger partial charge in [0.25, 0.3) is 11.7 Å². The molecule has 2 aromatic heterocycles. The average Bonchev–Trinajstić information content (AvgIpc) is 3.00. The van der Waals surface area contributed by atoms with Crippen molar-refractivity contribution in [2.45, 2.75) is 23.7 Å². The Balaban J connectivity index is 1.66. The van der Waals surface area contributed by atoms with E-state index < -0.39 is 5.76 Å². The molecule has 1 amide bonds. The number of benzene rings is 1. The lowest BCUT2D eigenvalue weighted by Gasteiger charge is -2.27. The lowest BCUT2D eigenvalue weighted by molar-refractivity contribution is 0.0730. The van der Waals surface area contributed by atoms with E-state index in [9.17, 15) is 13.6 Å². The minimum atomic E-state index is -2.62. The molecule has 4 nitrogen and oxygen atoms in total. The molecule has 0 radical (unpaired) electrons. The number of hydrogen-bond donors (Lipinski definition) is 1. The molecular weight excluding hydrogens is 424 g/mol. The molecule has 1 aliphatic heterocycles. The van der Waals surface area contributed by atoms with E-state index in [0.717, 1.165) is 26.6 Å². The molecule has 0 unspecified atom stereocenters. The van der Waals surface area contributed by atoms with Crippen molar-refractivity contribution < 1.29 is 13.6 Å². The number of alkyl halides is 2. The highest BCUT2D eigenvalue weighted by atomic mass is 79.9. The molecule has 0 bridgehead atoms. The van der Waals surface area contributed by atoms with Gasteiger partial charge in [-0.15, -0.1) is 0 Å². The molecule has 0 aliphatic carbocycles. The van der Waals surface area contributed by atoms with E-state index in [1.54, 1.807) is 17.0 Å². The van der Waals surface area contributed by atoms with E-state index in [1.165, 1.54) is 6.20 Å². The minimum absolute atomic E-state index is 0.0694. The average molecular weight is 438 g/mol. The van der Waals surface area contributed by atoms with Gasteiger partial charge in [0.2, 0.25) is 0 Å². The summed E-state index contributed by atoms with van der Waals surface area (Å²) in [6.45, 7) is 0.974. The highest BCUT2D eigenvalue weighted by Gasteiger charge is 2.27. The number of amides is 1. The molecule has 3 aromatic rings. The van der Waals surface area contributed by atoms with E-state index in [1.807, 2.05) is 18.2 Å². The Morgan fingerprint density at radius 3 is 2.96 bits per heavy atom. The third kappa shape index (κ3) is 3.12. The van der Waals surface area contributed by atoms with E-state index in [-0.39, 0.29) is 16.5 Å². The molecule has 1 aliphatic rings.